The average Bonchev–Trinajstić information content (AvgIpc) is 3.35. The molecule has 266 valence electrons. The van der Waals surface area contributed by atoms with Gasteiger partial charge >= 0.3 is 0 Å². The topological polar surface area (TPSA) is 227 Å². The van der Waals surface area contributed by atoms with Crippen molar-refractivity contribution in [2.24, 2.45) is 39.8 Å². The van der Waals surface area contributed by atoms with Gasteiger partial charge in [0, 0.05) is 44.9 Å². The number of rotatable bonds is 18. The van der Waals surface area contributed by atoms with Crippen LogP contribution < -0.4 is 28.3 Å². The normalized spacial score (nSPS) is 15.6. The number of carbonyl (C=O) groups excluding carboxylic acids is 4. The lowest BCUT2D eigenvalue weighted by Crippen LogP contribution is -2.47. The zero-order chi connectivity index (χ0) is 35.8. The molecule has 13 nitrogen and oxygen atoms in total. The van der Waals surface area contributed by atoms with Crippen molar-refractivity contribution in [3.63, 3.8) is 0 Å². The number of nitrogens with one attached hydrogen (secondary N) is 2. The Bertz CT molecular complexity index is 1420. The molecular weight excluding hydrogens is 622 g/mol. The van der Waals surface area contributed by atoms with Gasteiger partial charge in [-0.1, -0.05) is 80.4 Å². The number of ketones is 2. The van der Waals surface area contributed by atoms with Gasteiger partial charge in [0.25, 0.3) is 0 Å². The van der Waals surface area contributed by atoms with Crippen LogP contribution in [-0.2, 0) is 32.0 Å². The maximum absolute atomic E-state index is 13.9. The molecule has 2 aromatic carbocycles. The van der Waals surface area contributed by atoms with Crippen LogP contribution in [0, 0.1) is 17.2 Å². The fraction of sp³-hybridized carbons (Fsp3) is 0.500. The first-order valence-corrected chi connectivity index (χ1v) is 17.1. The number of carbonyl (C=O) groups is 4. The predicted molar refractivity (Wildman–Crippen MR) is 191 cm³/mol. The van der Waals surface area contributed by atoms with Gasteiger partial charge in [0.05, 0.1) is 24.5 Å². The summed E-state index contributed by atoms with van der Waals surface area (Å²) in [5.41, 5.74) is 25.0. The number of amides is 2. The van der Waals surface area contributed by atoms with E-state index in [1.165, 1.54) is 0 Å². The molecule has 0 aliphatic carbocycles. The third-order valence-corrected chi connectivity index (χ3v) is 8.85. The lowest BCUT2D eigenvalue weighted by molar-refractivity contribution is -0.138. The molecule has 3 rings (SSSR count). The Hall–Kier alpha value is -4.78. The molecule has 2 amide bonds. The molecule has 4 atom stereocenters. The molecule has 1 aliphatic rings. The van der Waals surface area contributed by atoms with Gasteiger partial charge in [-0.05, 0) is 36.8 Å². The average molecular weight is 676 g/mol. The summed E-state index contributed by atoms with van der Waals surface area (Å²) in [6, 6.07) is 17.2. The van der Waals surface area contributed by atoms with Crippen LogP contribution in [-0.4, -0.2) is 89.9 Å². The van der Waals surface area contributed by atoms with Crippen LogP contribution in [0.4, 0.5) is 0 Å². The molecule has 10 N–H and O–H groups in total. The molecule has 0 aromatic heterocycles. The Morgan fingerprint density at radius 1 is 0.816 bits per heavy atom. The van der Waals surface area contributed by atoms with Gasteiger partial charge in [-0.3, -0.25) is 29.6 Å². The van der Waals surface area contributed by atoms with Gasteiger partial charge in [0.2, 0.25) is 11.8 Å². The van der Waals surface area contributed by atoms with Crippen molar-refractivity contribution >= 4 is 35.3 Å². The fourth-order valence-corrected chi connectivity index (χ4v) is 6.01. The van der Waals surface area contributed by atoms with Crippen LogP contribution in [0.1, 0.15) is 56.6 Å². The maximum Gasteiger partial charge on any atom is 0.228 e. The van der Waals surface area contributed by atoms with E-state index in [9.17, 15) is 19.2 Å². The molecule has 13 heteroatoms. The largest absolute Gasteiger partial charge is 0.370 e. The predicted octanol–water partition coefficient (Wildman–Crippen LogP) is 1.33. The summed E-state index contributed by atoms with van der Waals surface area (Å²) in [6.07, 6.45) is 2.83. The lowest BCUT2D eigenvalue weighted by atomic mass is 9.89. The number of Topliss-reactive ketones (excluding diaryl/α,β-unsaturated/α-hetero) is 2. The van der Waals surface area contributed by atoms with Gasteiger partial charge in [-0.25, -0.2) is 0 Å². The van der Waals surface area contributed by atoms with Gasteiger partial charge in [0.1, 0.15) is 0 Å². The van der Waals surface area contributed by atoms with Crippen LogP contribution in [0.2, 0.25) is 0 Å². The van der Waals surface area contributed by atoms with E-state index < -0.39 is 29.8 Å². The van der Waals surface area contributed by atoms with Crippen LogP contribution >= 0.6 is 0 Å². The second-order valence-corrected chi connectivity index (χ2v) is 12.7. The Morgan fingerprint density at radius 3 is 1.98 bits per heavy atom. The molecule has 0 saturated carbocycles. The van der Waals surface area contributed by atoms with Gasteiger partial charge in [-0.2, -0.15) is 0 Å². The molecule has 0 unspecified atom stereocenters. The van der Waals surface area contributed by atoms with Crippen molar-refractivity contribution in [2.75, 3.05) is 32.7 Å². The summed E-state index contributed by atoms with van der Waals surface area (Å²) < 4.78 is 0. The van der Waals surface area contributed by atoms with Gasteiger partial charge in [0.15, 0.2) is 23.5 Å². The van der Waals surface area contributed by atoms with Gasteiger partial charge < -0.3 is 38.1 Å². The Labute approximate surface area is 289 Å². The van der Waals surface area contributed by atoms with Crippen LogP contribution in [0.3, 0.4) is 0 Å². The highest BCUT2D eigenvalue weighted by molar-refractivity contribution is 5.95. The zero-order valence-electron chi connectivity index (χ0n) is 28.6. The first-order valence-electron chi connectivity index (χ1n) is 17.1. The van der Waals surface area contributed by atoms with Crippen molar-refractivity contribution < 1.29 is 19.2 Å². The lowest BCUT2D eigenvalue weighted by Gasteiger charge is -2.27. The number of hydrogen-bond acceptors (Lipinski definition) is 7. The van der Waals surface area contributed by atoms with Crippen molar-refractivity contribution in [3.05, 3.63) is 71.8 Å². The molecule has 1 heterocycles. The number of unbranched alkanes of at least 4 members (excludes halogenated alkanes) is 1. The van der Waals surface area contributed by atoms with Gasteiger partial charge in [-0.15, -0.1) is 0 Å². The van der Waals surface area contributed by atoms with Crippen molar-refractivity contribution in [1.82, 2.24) is 15.1 Å². The molecule has 1 aliphatic heterocycles. The maximum atomic E-state index is 13.9. The highest BCUT2D eigenvalue weighted by atomic mass is 16.2. The van der Waals surface area contributed by atoms with Crippen LogP contribution in [0.25, 0.3) is 0 Å². The number of nitrogens with zero attached hydrogens (tertiary/aromatic N) is 3. The molecular formula is C36H53N9O4. The Balaban J connectivity index is 1.78. The molecule has 1 fully saturated rings. The quantitative estimate of drug-likeness (QED) is 0.0988. The van der Waals surface area contributed by atoms with Crippen LogP contribution in [0.15, 0.2) is 65.7 Å². The summed E-state index contributed by atoms with van der Waals surface area (Å²) in [6.45, 7) is 3.62. The van der Waals surface area contributed by atoms with E-state index in [2.05, 4.69) is 10.3 Å². The first kappa shape index (κ1) is 38.7. The minimum Gasteiger partial charge on any atom is -0.370 e. The number of aliphatic imine (C=N–C) groups is 1. The van der Waals surface area contributed by atoms with Crippen LogP contribution in [0.5, 0.6) is 0 Å². The van der Waals surface area contributed by atoms with E-state index in [-0.39, 0.29) is 48.8 Å². The highest BCUT2D eigenvalue weighted by Crippen LogP contribution is 2.19. The van der Waals surface area contributed by atoms with Crippen molar-refractivity contribution in [3.8, 4) is 0 Å². The minimum atomic E-state index is -0.870. The van der Waals surface area contributed by atoms with Crippen molar-refractivity contribution in [1.29, 1.82) is 5.41 Å². The summed E-state index contributed by atoms with van der Waals surface area (Å²) in [7, 11) is 0. The zero-order valence-corrected chi connectivity index (χ0v) is 28.6. The molecule has 0 radical (unpaired) electrons. The van der Waals surface area contributed by atoms with E-state index in [1.54, 1.807) is 9.80 Å². The van der Waals surface area contributed by atoms with Crippen molar-refractivity contribution in [2.45, 2.75) is 70.4 Å². The Morgan fingerprint density at radius 2 is 1.39 bits per heavy atom. The SMILES string of the molecule is CCCC[C@@H](NC(=O)[C@H](CC(=O)[C@H](N)Cc1ccccc1)Cc1ccccc1)C(=O)C[C@H](CN=C(N)N)C(=O)N1CCCN(C(=N)N)CC1. The highest BCUT2D eigenvalue weighted by Gasteiger charge is 2.33. The number of nitrogens with two attached hydrogens (primary N) is 4. The fourth-order valence-electron chi connectivity index (χ4n) is 6.01. The summed E-state index contributed by atoms with van der Waals surface area (Å²) in [4.78, 5) is 62.4. The Kier molecular flexibility index (Phi) is 15.7. The molecule has 2 aromatic rings. The second kappa shape index (κ2) is 19.9. The summed E-state index contributed by atoms with van der Waals surface area (Å²) in [5, 5.41) is 10.7. The molecule has 0 spiro atoms. The smallest absolute Gasteiger partial charge is 0.228 e. The summed E-state index contributed by atoms with van der Waals surface area (Å²) >= 11 is 0. The molecule has 0 bridgehead atoms. The monoisotopic (exact) mass is 675 g/mol. The number of guanidine groups is 2. The standard InChI is InChI=1S/C36H53N9O4/c1-2-3-15-30(32(47)23-28(24-42-35(38)39)34(49)44-16-10-17-45(19-18-44)36(40)41)43-33(48)27(20-25-11-6-4-7-12-25)22-31(46)29(37)21-26-13-8-5-9-14-26/h4-9,11-14,27-30H,2-3,10,15-24,37H2,1H3,(H3,40,41)(H,43,48)(H4,38,39,42)/t27-,28+,29+,30+/m0/s1. The molecule has 1 saturated heterocycles. The van der Waals surface area contributed by atoms with E-state index in [0.717, 1.165) is 17.5 Å². The third kappa shape index (κ3) is 13.0. The second-order valence-electron chi connectivity index (χ2n) is 12.7. The minimum absolute atomic E-state index is 0.0542. The number of benzene rings is 2. The number of hydrogen-bond donors (Lipinski definition) is 6. The first-order chi connectivity index (χ1) is 23.5. The van der Waals surface area contributed by atoms with E-state index in [1.807, 2.05) is 67.6 Å². The summed E-state index contributed by atoms with van der Waals surface area (Å²) in [5.74, 6) is -3.09. The van der Waals surface area contributed by atoms with E-state index in [0.29, 0.717) is 58.3 Å². The van der Waals surface area contributed by atoms with E-state index in [4.69, 9.17) is 28.3 Å². The third-order valence-electron chi connectivity index (χ3n) is 8.85. The van der Waals surface area contributed by atoms with E-state index >= 15 is 0 Å². The molecule has 49 heavy (non-hydrogen) atoms.